The Morgan fingerprint density at radius 3 is 2.40 bits per heavy atom. The minimum absolute atomic E-state index is 0.0751. The monoisotopic (exact) mass is 282 g/mol. The number of nitrogens with one attached hydrogen (secondary N) is 1. The Labute approximate surface area is 121 Å². The molecule has 5 nitrogen and oxygen atoms in total. The lowest BCUT2D eigenvalue weighted by Crippen LogP contribution is -2.48. The number of ether oxygens (including phenoxy) is 2. The fourth-order valence-electron chi connectivity index (χ4n) is 3.42. The number of rotatable bonds is 3. The van der Waals surface area contributed by atoms with Crippen molar-refractivity contribution >= 4 is 6.03 Å². The van der Waals surface area contributed by atoms with Gasteiger partial charge in [-0.15, -0.1) is 0 Å². The van der Waals surface area contributed by atoms with Gasteiger partial charge < -0.3 is 19.7 Å². The van der Waals surface area contributed by atoms with Crippen LogP contribution in [0.15, 0.2) is 0 Å². The molecule has 0 bridgehead atoms. The van der Waals surface area contributed by atoms with E-state index in [9.17, 15) is 4.79 Å². The van der Waals surface area contributed by atoms with Crippen LogP contribution in [0, 0.1) is 5.92 Å². The first-order valence-corrected chi connectivity index (χ1v) is 7.96. The molecule has 1 spiro atoms. The highest BCUT2D eigenvalue weighted by molar-refractivity contribution is 5.74. The van der Waals surface area contributed by atoms with Crippen LogP contribution in [-0.2, 0) is 9.47 Å². The van der Waals surface area contributed by atoms with Crippen molar-refractivity contribution in [3.63, 3.8) is 0 Å². The first-order chi connectivity index (χ1) is 9.67. The third kappa shape index (κ3) is 3.09. The lowest BCUT2D eigenvalue weighted by atomic mass is 9.85. The van der Waals surface area contributed by atoms with Crippen molar-refractivity contribution in [3.8, 4) is 0 Å². The van der Waals surface area contributed by atoms with Crippen molar-refractivity contribution in [1.29, 1.82) is 0 Å². The van der Waals surface area contributed by atoms with Crippen LogP contribution in [0.4, 0.5) is 4.79 Å². The van der Waals surface area contributed by atoms with E-state index in [1.807, 2.05) is 11.9 Å². The molecule has 1 aliphatic heterocycles. The summed E-state index contributed by atoms with van der Waals surface area (Å²) in [4.78, 5) is 14.0. The highest BCUT2D eigenvalue weighted by Crippen LogP contribution is 2.35. The van der Waals surface area contributed by atoms with Crippen molar-refractivity contribution in [2.75, 3.05) is 26.8 Å². The molecule has 2 aliphatic carbocycles. The second-order valence-corrected chi connectivity index (χ2v) is 6.51. The molecule has 0 aromatic carbocycles. The molecule has 2 amide bonds. The van der Waals surface area contributed by atoms with Crippen LogP contribution in [0.1, 0.15) is 44.9 Å². The summed E-state index contributed by atoms with van der Waals surface area (Å²) in [5.41, 5.74) is 0. The van der Waals surface area contributed by atoms with E-state index in [1.54, 1.807) is 0 Å². The average molecular weight is 282 g/mol. The van der Waals surface area contributed by atoms with Gasteiger partial charge in [0.15, 0.2) is 5.79 Å². The zero-order chi connectivity index (χ0) is 14.0. The zero-order valence-electron chi connectivity index (χ0n) is 12.4. The van der Waals surface area contributed by atoms with E-state index in [1.165, 1.54) is 19.3 Å². The lowest BCUT2D eigenvalue weighted by molar-refractivity contribution is -0.179. The largest absolute Gasteiger partial charge is 0.348 e. The number of nitrogens with zero attached hydrogens (tertiary/aromatic N) is 1. The summed E-state index contributed by atoms with van der Waals surface area (Å²) in [6, 6.07) is 0.343. The van der Waals surface area contributed by atoms with Gasteiger partial charge in [-0.05, 0) is 31.6 Å². The third-order valence-electron chi connectivity index (χ3n) is 4.99. The summed E-state index contributed by atoms with van der Waals surface area (Å²) < 4.78 is 11.4. The minimum atomic E-state index is -0.334. The molecule has 0 radical (unpaired) electrons. The highest BCUT2D eigenvalue weighted by Gasteiger charge is 2.40. The van der Waals surface area contributed by atoms with Crippen LogP contribution in [0.5, 0.6) is 0 Å². The van der Waals surface area contributed by atoms with Crippen molar-refractivity contribution in [2.24, 2.45) is 5.92 Å². The van der Waals surface area contributed by atoms with Crippen molar-refractivity contribution < 1.29 is 14.3 Å². The van der Waals surface area contributed by atoms with E-state index >= 15 is 0 Å². The second-order valence-electron chi connectivity index (χ2n) is 6.51. The molecule has 1 N–H and O–H groups in total. The minimum Gasteiger partial charge on any atom is -0.348 e. The molecule has 3 rings (SSSR count). The summed E-state index contributed by atoms with van der Waals surface area (Å²) in [5.74, 6) is 0.389. The quantitative estimate of drug-likeness (QED) is 0.862. The van der Waals surface area contributed by atoms with Gasteiger partial charge in [-0.25, -0.2) is 4.79 Å². The summed E-state index contributed by atoms with van der Waals surface area (Å²) in [7, 11) is 1.90. The Kier molecular flexibility index (Phi) is 4.17. The number of carbonyl (C=O) groups is 1. The molecule has 114 valence electrons. The fraction of sp³-hybridized carbons (Fsp3) is 0.933. The number of carbonyl (C=O) groups excluding carboxylic acids is 1. The fourth-order valence-corrected chi connectivity index (χ4v) is 3.42. The van der Waals surface area contributed by atoms with E-state index < -0.39 is 0 Å². The predicted molar refractivity (Wildman–Crippen MR) is 75.4 cm³/mol. The Morgan fingerprint density at radius 1 is 1.20 bits per heavy atom. The van der Waals surface area contributed by atoms with E-state index in [0.29, 0.717) is 13.2 Å². The zero-order valence-corrected chi connectivity index (χ0v) is 12.4. The standard InChI is InChI=1S/C15H26N2O3/c1-17(11-12-3-2-4-12)14(18)16-13-5-7-15(8-6-13)19-9-10-20-15/h12-13H,2-11H2,1H3,(H,16,18). The summed E-state index contributed by atoms with van der Waals surface area (Å²) in [6.45, 7) is 2.32. The molecule has 20 heavy (non-hydrogen) atoms. The smallest absolute Gasteiger partial charge is 0.317 e. The van der Waals surface area contributed by atoms with Gasteiger partial charge in [0.2, 0.25) is 0 Å². The first kappa shape index (κ1) is 14.1. The van der Waals surface area contributed by atoms with E-state index in [0.717, 1.165) is 38.1 Å². The van der Waals surface area contributed by atoms with Gasteiger partial charge in [0.05, 0.1) is 13.2 Å². The van der Waals surface area contributed by atoms with E-state index in [-0.39, 0.29) is 17.9 Å². The predicted octanol–water partition coefficient (Wildman–Crippen LogP) is 2.11. The number of urea groups is 1. The van der Waals surface area contributed by atoms with Crippen LogP contribution in [-0.4, -0.2) is 49.6 Å². The van der Waals surface area contributed by atoms with Crippen molar-refractivity contribution in [3.05, 3.63) is 0 Å². The van der Waals surface area contributed by atoms with Gasteiger partial charge >= 0.3 is 6.03 Å². The Bertz CT molecular complexity index is 341. The van der Waals surface area contributed by atoms with E-state index in [4.69, 9.17) is 9.47 Å². The van der Waals surface area contributed by atoms with Gasteiger partial charge in [-0.1, -0.05) is 6.42 Å². The van der Waals surface area contributed by atoms with E-state index in [2.05, 4.69) is 5.32 Å². The van der Waals surface area contributed by atoms with Crippen LogP contribution >= 0.6 is 0 Å². The Hall–Kier alpha value is -0.810. The highest BCUT2D eigenvalue weighted by atomic mass is 16.7. The first-order valence-electron chi connectivity index (χ1n) is 7.96. The Morgan fingerprint density at radius 2 is 1.85 bits per heavy atom. The lowest BCUT2D eigenvalue weighted by Gasteiger charge is -2.36. The van der Waals surface area contributed by atoms with Crippen LogP contribution < -0.4 is 5.32 Å². The maximum absolute atomic E-state index is 12.2. The molecular weight excluding hydrogens is 256 g/mol. The van der Waals surface area contributed by atoms with Gasteiger partial charge in [-0.3, -0.25) is 0 Å². The molecule has 0 atom stereocenters. The molecule has 2 saturated carbocycles. The average Bonchev–Trinajstić information content (AvgIpc) is 2.85. The summed E-state index contributed by atoms with van der Waals surface area (Å²) >= 11 is 0. The maximum atomic E-state index is 12.2. The Balaban J connectivity index is 1.40. The molecule has 0 aromatic heterocycles. The van der Waals surface area contributed by atoms with Crippen LogP contribution in [0.3, 0.4) is 0 Å². The third-order valence-corrected chi connectivity index (χ3v) is 4.99. The van der Waals surface area contributed by atoms with Gasteiger partial charge in [-0.2, -0.15) is 0 Å². The molecule has 1 saturated heterocycles. The molecule has 0 aromatic rings. The van der Waals surface area contributed by atoms with Crippen LogP contribution in [0.2, 0.25) is 0 Å². The SMILES string of the molecule is CN(CC1CCC1)C(=O)NC1CCC2(CC1)OCCO2. The number of amides is 2. The number of hydrogen-bond acceptors (Lipinski definition) is 3. The van der Waals surface area contributed by atoms with Crippen molar-refractivity contribution in [1.82, 2.24) is 10.2 Å². The van der Waals surface area contributed by atoms with Crippen LogP contribution in [0.25, 0.3) is 0 Å². The molecule has 1 heterocycles. The normalized spacial score (nSPS) is 26.4. The second kappa shape index (κ2) is 5.90. The van der Waals surface area contributed by atoms with Gasteiger partial charge in [0.1, 0.15) is 0 Å². The maximum Gasteiger partial charge on any atom is 0.317 e. The number of hydrogen-bond donors (Lipinski definition) is 1. The van der Waals surface area contributed by atoms with Gasteiger partial charge in [0, 0.05) is 32.5 Å². The van der Waals surface area contributed by atoms with Gasteiger partial charge in [0.25, 0.3) is 0 Å². The molecular formula is C15H26N2O3. The summed E-state index contributed by atoms with van der Waals surface area (Å²) in [5, 5.41) is 3.15. The topological polar surface area (TPSA) is 50.8 Å². The summed E-state index contributed by atoms with van der Waals surface area (Å²) in [6.07, 6.45) is 7.56. The van der Waals surface area contributed by atoms with Crippen molar-refractivity contribution in [2.45, 2.75) is 56.8 Å². The molecule has 3 aliphatic rings. The molecule has 5 heteroatoms. The molecule has 0 unspecified atom stereocenters. The molecule has 3 fully saturated rings.